The topological polar surface area (TPSA) is 39.2 Å². The third-order valence-electron chi connectivity index (χ3n) is 3.10. The second kappa shape index (κ2) is 4.77. The van der Waals surface area contributed by atoms with Crippen LogP contribution in [0.1, 0.15) is 26.3 Å². The Kier molecular flexibility index (Phi) is 3.32. The van der Waals surface area contributed by atoms with Gasteiger partial charge >= 0.3 is 5.97 Å². The molecule has 0 aliphatic heterocycles. The number of fused-ring (bicyclic) bond motifs is 1. The predicted molar refractivity (Wildman–Crippen MR) is 71.4 cm³/mol. The second-order valence-corrected chi connectivity index (χ2v) is 4.76. The summed E-state index contributed by atoms with van der Waals surface area (Å²) in [7, 11) is 0. The van der Waals surface area contributed by atoms with Gasteiger partial charge in [-0.1, -0.05) is 18.2 Å². The molecule has 0 spiro atoms. The fraction of sp³-hybridized carbons (Fsp3) is 0.333. The van der Waals surface area contributed by atoms with Gasteiger partial charge in [-0.3, -0.25) is 9.78 Å². The molecule has 1 aromatic carbocycles. The molecule has 0 fully saturated rings. The van der Waals surface area contributed by atoms with E-state index in [9.17, 15) is 4.79 Å². The molecule has 0 amide bonds. The number of carbonyl (C=O) groups excluding carboxylic acids is 1. The zero-order valence-corrected chi connectivity index (χ0v) is 10.9. The highest BCUT2D eigenvalue weighted by atomic mass is 16.5. The number of esters is 1. The molecular formula is C15H17NO2. The average Bonchev–Trinajstić information content (AvgIpc) is 2.38. The van der Waals surface area contributed by atoms with Gasteiger partial charge in [0.1, 0.15) is 0 Å². The van der Waals surface area contributed by atoms with Crippen molar-refractivity contribution < 1.29 is 9.53 Å². The average molecular weight is 243 g/mol. The smallest absolute Gasteiger partial charge is 0.316 e. The number of hydrogen-bond donors (Lipinski definition) is 0. The lowest BCUT2D eigenvalue weighted by Gasteiger charge is -2.22. The van der Waals surface area contributed by atoms with Crippen molar-refractivity contribution in [2.24, 2.45) is 0 Å². The van der Waals surface area contributed by atoms with E-state index in [1.807, 2.05) is 51.1 Å². The van der Waals surface area contributed by atoms with Gasteiger partial charge in [-0.2, -0.15) is 0 Å². The summed E-state index contributed by atoms with van der Waals surface area (Å²) in [6.45, 7) is 5.92. The van der Waals surface area contributed by atoms with Crippen molar-refractivity contribution in [2.75, 3.05) is 6.61 Å². The zero-order chi connectivity index (χ0) is 13.2. The van der Waals surface area contributed by atoms with Crippen molar-refractivity contribution in [3.05, 3.63) is 42.1 Å². The standard InChI is InChI=1S/C15H17NO2/c1-4-18-14(17)15(2,3)12-9-11-7-5-6-8-13(11)16-10-12/h5-10H,4H2,1-3H3. The summed E-state index contributed by atoms with van der Waals surface area (Å²) < 4.78 is 5.11. The van der Waals surface area contributed by atoms with Crippen LogP contribution in [-0.4, -0.2) is 17.6 Å². The SMILES string of the molecule is CCOC(=O)C(C)(C)c1cnc2ccccc2c1. The minimum absolute atomic E-state index is 0.220. The molecular weight excluding hydrogens is 226 g/mol. The molecule has 0 aliphatic carbocycles. The van der Waals surface area contributed by atoms with E-state index in [0.29, 0.717) is 6.61 Å². The van der Waals surface area contributed by atoms with Crippen molar-refractivity contribution >= 4 is 16.9 Å². The van der Waals surface area contributed by atoms with E-state index in [0.717, 1.165) is 16.5 Å². The number of pyridine rings is 1. The van der Waals surface area contributed by atoms with Crippen LogP contribution in [0.25, 0.3) is 10.9 Å². The summed E-state index contributed by atoms with van der Waals surface area (Å²) in [6.07, 6.45) is 1.75. The Bertz CT molecular complexity index is 575. The van der Waals surface area contributed by atoms with Crippen molar-refractivity contribution in [1.29, 1.82) is 0 Å². The van der Waals surface area contributed by atoms with E-state index < -0.39 is 5.41 Å². The van der Waals surface area contributed by atoms with E-state index in [-0.39, 0.29) is 5.97 Å². The maximum absolute atomic E-state index is 12.0. The van der Waals surface area contributed by atoms with Gasteiger partial charge in [-0.05, 0) is 38.5 Å². The highest BCUT2D eigenvalue weighted by Crippen LogP contribution is 2.26. The van der Waals surface area contributed by atoms with E-state index in [1.165, 1.54) is 0 Å². The molecule has 3 heteroatoms. The maximum atomic E-state index is 12.0. The Hall–Kier alpha value is -1.90. The molecule has 1 heterocycles. The first kappa shape index (κ1) is 12.6. The van der Waals surface area contributed by atoms with Gasteiger partial charge in [0.2, 0.25) is 0 Å². The highest BCUT2D eigenvalue weighted by molar-refractivity contribution is 5.85. The van der Waals surface area contributed by atoms with Crippen molar-refractivity contribution in [3.8, 4) is 0 Å². The Morgan fingerprint density at radius 2 is 2.06 bits per heavy atom. The Labute approximate surface area is 107 Å². The first-order chi connectivity index (χ1) is 8.55. The fourth-order valence-corrected chi connectivity index (χ4v) is 1.84. The molecule has 1 aromatic heterocycles. The first-order valence-electron chi connectivity index (χ1n) is 6.08. The molecule has 0 saturated carbocycles. The molecule has 0 atom stereocenters. The summed E-state index contributed by atoms with van der Waals surface area (Å²) in [4.78, 5) is 16.3. The van der Waals surface area contributed by atoms with Crippen LogP contribution in [0.2, 0.25) is 0 Å². The number of rotatable bonds is 3. The maximum Gasteiger partial charge on any atom is 0.316 e. The molecule has 0 N–H and O–H groups in total. The number of benzene rings is 1. The van der Waals surface area contributed by atoms with E-state index in [1.54, 1.807) is 6.20 Å². The molecule has 2 rings (SSSR count). The number of para-hydroxylation sites is 1. The summed E-state index contributed by atoms with van der Waals surface area (Å²) in [6, 6.07) is 9.86. The quantitative estimate of drug-likeness (QED) is 0.778. The van der Waals surface area contributed by atoms with E-state index in [2.05, 4.69) is 4.98 Å². The van der Waals surface area contributed by atoms with Crippen LogP contribution in [0.3, 0.4) is 0 Å². The van der Waals surface area contributed by atoms with Gasteiger partial charge in [0.05, 0.1) is 17.5 Å². The summed E-state index contributed by atoms with van der Waals surface area (Å²) >= 11 is 0. The van der Waals surface area contributed by atoms with Crippen molar-refractivity contribution in [2.45, 2.75) is 26.2 Å². The van der Waals surface area contributed by atoms with Gasteiger partial charge in [0.15, 0.2) is 0 Å². The monoisotopic (exact) mass is 243 g/mol. The highest BCUT2D eigenvalue weighted by Gasteiger charge is 2.31. The Morgan fingerprint density at radius 3 is 2.78 bits per heavy atom. The van der Waals surface area contributed by atoms with Gasteiger partial charge in [0, 0.05) is 11.6 Å². The van der Waals surface area contributed by atoms with Gasteiger partial charge in [-0.25, -0.2) is 0 Å². The lowest BCUT2D eigenvalue weighted by atomic mass is 9.85. The first-order valence-corrected chi connectivity index (χ1v) is 6.08. The second-order valence-electron chi connectivity index (χ2n) is 4.76. The largest absolute Gasteiger partial charge is 0.465 e. The van der Waals surface area contributed by atoms with E-state index in [4.69, 9.17) is 4.74 Å². The summed E-state index contributed by atoms with van der Waals surface area (Å²) in [5, 5.41) is 1.03. The number of ether oxygens (including phenoxy) is 1. The van der Waals surface area contributed by atoms with Crippen LogP contribution in [-0.2, 0) is 14.9 Å². The van der Waals surface area contributed by atoms with Crippen LogP contribution in [0.15, 0.2) is 36.5 Å². The number of carbonyl (C=O) groups is 1. The summed E-state index contributed by atoms with van der Waals surface area (Å²) in [5.41, 5.74) is 1.13. The third-order valence-corrected chi connectivity index (χ3v) is 3.10. The van der Waals surface area contributed by atoms with Crippen LogP contribution in [0, 0.1) is 0 Å². The van der Waals surface area contributed by atoms with Crippen LogP contribution in [0.4, 0.5) is 0 Å². The molecule has 0 radical (unpaired) electrons. The van der Waals surface area contributed by atoms with Gasteiger partial charge < -0.3 is 4.74 Å². The number of hydrogen-bond acceptors (Lipinski definition) is 3. The molecule has 18 heavy (non-hydrogen) atoms. The molecule has 0 unspecified atom stereocenters. The molecule has 94 valence electrons. The molecule has 3 nitrogen and oxygen atoms in total. The van der Waals surface area contributed by atoms with Crippen molar-refractivity contribution in [1.82, 2.24) is 4.98 Å². The van der Waals surface area contributed by atoms with Crippen LogP contribution in [0.5, 0.6) is 0 Å². The number of nitrogens with zero attached hydrogens (tertiary/aromatic N) is 1. The molecule has 2 aromatic rings. The predicted octanol–water partition coefficient (Wildman–Crippen LogP) is 3.08. The zero-order valence-electron chi connectivity index (χ0n) is 10.9. The van der Waals surface area contributed by atoms with Gasteiger partial charge in [0.25, 0.3) is 0 Å². The minimum atomic E-state index is -0.674. The molecule has 0 saturated heterocycles. The van der Waals surface area contributed by atoms with Gasteiger partial charge in [-0.15, -0.1) is 0 Å². The third kappa shape index (κ3) is 2.21. The summed E-state index contributed by atoms with van der Waals surface area (Å²) in [5.74, 6) is -0.220. The lowest BCUT2D eigenvalue weighted by molar-refractivity contribution is -0.148. The van der Waals surface area contributed by atoms with Crippen molar-refractivity contribution in [3.63, 3.8) is 0 Å². The Morgan fingerprint density at radius 1 is 1.33 bits per heavy atom. The lowest BCUT2D eigenvalue weighted by Crippen LogP contribution is -2.31. The minimum Gasteiger partial charge on any atom is -0.465 e. The van der Waals surface area contributed by atoms with E-state index >= 15 is 0 Å². The normalized spacial score (nSPS) is 11.5. The fourth-order valence-electron chi connectivity index (χ4n) is 1.84. The van der Waals surface area contributed by atoms with Crippen LogP contribution < -0.4 is 0 Å². The Balaban J connectivity index is 2.44. The molecule has 0 bridgehead atoms. The molecule has 0 aliphatic rings. The van der Waals surface area contributed by atoms with Crippen LogP contribution >= 0.6 is 0 Å². The number of aromatic nitrogens is 1.